The van der Waals surface area contributed by atoms with Crippen molar-refractivity contribution in [3.8, 4) is 23.0 Å². The maximum Gasteiger partial charge on any atom is 0.363 e. The van der Waals surface area contributed by atoms with Gasteiger partial charge in [0.1, 0.15) is 11.5 Å². The van der Waals surface area contributed by atoms with Gasteiger partial charge in [0.05, 0.1) is 27.4 Å². The van der Waals surface area contributed by atoms with Gasteiger partial charge in [0.2, 0.25) is 5.90 Å². The van der Waals surface area contributed by atoms with Crippen LogP contribution in [0.1, 0.15) is 23.1 Å². The summed E-state index contributed by atoms with van der Waals surface area (Å²) in [6.45, 7) is 2.80. The third kappa shape index (κ3) is 5.81. The number of nitrogens with zero attached hydrogens (tertiary/aromatic N) is 1. The zero-order chi connectivity index (χ0) is 24.6. The van der Waals surface area contributed by atoms with E-state index in [9.17, 15) is 4.79 Å². The molecule has 0 radical (unpaired) electrons. The van der Waals surface area contributed by atoms with Gasteiger partial charge in [-0.3, -0.25) is 0 Å². The number of ether oxygens (including phenoxy) is 5. The lowest BCUT2D eigenvalue weighted by atomic mass is 10.1. The van der Waals surface area contributed by atoms with E-state index in [1.54, 1.807) is 26.4 Å². The number of aliphatic imine (C=N–C) groups is 1. The second-order valence-corrected chi connectivity index (χ2v) is 7.76. The van der Waals surface area contributed by atoms with Crippen LogP contribution in [0.15, 0.2) is 77.4 Å². The third-order valence-electron chi connectivity index (χ3n) is 5.36. The number of carbonyl (C=O) groups excluding carboxylic acids is 1. The van der Waals surface area contributed by atoms with Crippen LogP contribution in [0.3, 0.4) is 0 Å². The molecule has 0 aliphatic carbocycles. The predicted octanol–water partition coefficient (Wildman–Crippen LogP) is 5.20. The summed E-state index contributed by atoms with van der Waals surface area (Å²) in [5, 5.41) is 0. The highest BCUT2D eigenvalue weighted by molar-refractivity contribution is 6.13. The molecule has 0 saturated heterocycles. The molecule has 0 saturated carbocycles. The molecule has 0 unspecified atom stereocenters. The number of rotatable bonds is 10. The van der Waals surface area contributed by atoms with Crippen molar-refractivity contribution in [3.05, 3.63) is 89.1 Å². The zero-order valence-electron chi connectivity index (χ0n) is 19.9. The standard InChI is InChI=1S/C28H27NO6/c1-19-9-4-5-13-23(19)27-29-24(28(30)35-27)17-20-10-6-14-25(32-3)26(20)34-16-8-15-33-22-12-7-11-21(18-22)31-2/h4-7,9-14,17-18H,8,15-16H2,1-3H3/b24-17+. The number of cyclic esters (lactones) is 1. The fraction of sp³-hybridized carbons (Fsp3) is 0.214. The molecule has 1 aliphatic heterocycles. The molecule has 0 fully saturated rings. The normalized spacial score (nSPS) is 13.9. The van der Waals surface area contributed by atoms with Crippen molar-refractivity contribution in [2.24, 2.45) is 4.99 Å². The topological polar surface area (TPSA) is 75.6 Å². The molecule has 3 aromatic rings. The van der Waals surface area contributed by atoms with Crippen molar-refractivity contribution in [2.45, 2.75) is 13.3 Å². The summed E-state index contributed by atoms with van der Waals surface area (Å²) >= 11 is 0. The lowest BCUT2D eigenvalue weighted by Crippen LogP contribution is -2.07. The molecule has 0 N–H and O–H groups in total. The van der Waals surface area contributed by atoms with Crippen molar-refractivity contribution in [1.82, 2.24) is 0 Å². The van der Waals surface area contributed by atoms with Crippen LogP contribution in [-0.2, 0) is 9.53 Å². The second-order valence-electron chi connectivity index (χ2n) is 7.76. The van der Waals surface area contributed by atoms with Gasteiger partial charge in [0, 0.05) is 23.6 Å². The van der Waals surface area contributed by atoms with Gasteiger partial charge in [0.15, 0.2) is 17.2 Å². The molecule has 35 heavy (non-hydrogen) atoms. The van der Waals surface area contributed by atoms with Crippen LogP contribution in [0.4, 0.5) is 0 Å². The van der Waals surface area contributed by atoms with E-state index < -0.39 is 5.97 Å². The SMILES string of the molecule is COc1cccc(OCCCOc2c(/C=C3/N=C(c4ccccc4C)OC3=O)cccc2OC)c1. The largest absolute Gasteiger partial charge is 0.497 e. The smallest absolute Gasteiger partial charge is 0.363 e. The first-order valence-corrected chi connectivity index (χ1v) is 11.2. The molecule has 7 nitrogen and oxygen atoms in total. The van der Waals surface area contributed by atoms with Crippen LogP contribution >= 0.6 is 0 Å². The first-order valence-electron chi connectivity index (χ1n) is 11.2. The van der Waals surface area contributed by atoms with E-state index in [4.69, 9.17) is 23.7 Å². The summed E-state index contributed by atoms with van der Waals surface area (Å²) in [5.41, 5.74) is 2.62. The van der Waals surface area contributed by atoms with Crippen molar-refractivity contribution in [1.29, 1.82) is 0 Å². The van der Waals surface area contributed by atoms with Gasteiger partial charge in [-0.15, -0.1) is 0 Å². The van der Waals surface area contributed by atoms with Crippen molar-refractivity contribution >= 4 is 17.9 Å². The van der Waals surface area contributed by atoms with Gasteiger partial charge < -0.3 is 23.7 Å². The van der Waals surface area contributed by atoms with Gasteiger partial charge in [0.25, 0.3) is 0 Å². The fourth-order valence-electron chi connectivity index (χ4n) is 3.56. The number of hydrogen-bond donors (Lipinski definition) is 0. The lowest BCUT2D eigenvalue weighted by molar-refractivity contribution is -0.129. The molecular weight excluding hydrogens is 446 g/mol. The summed E-state index contributed by atoms with van der Waals surface area (Å²) in [5.74, 6) is 2.33. The Morgan fingerprint density at radius 3 is 2.46 bits per heavy atom. The number of carbonyl (C=O) groups is 1. The van der Waals surface area contributed by atoms with Gasteiger partial charge in [-0.05, 0) is 42.8 Å². The number of aryl methyl sites for hydroxylation is 1. The van der Waals surface area contributed by atoms with Crippen LogP contribution in [-0.4, -0.2) is 39.3 Å². The Hall–Kier alpha value is -4.26. The van der Waals surface area contributed by atoms with Crippen molar-refractivity contribution in [2.75, 3.05) is 27.4 Å². The van der Waals surface area contributed by atoms with Crippen LogP contribution < -0.4 is 18.9 Å². The van der Waals surface area contributed by atoms with E-state index in [1.165, 1.54) is 0 Å². The molecule has 0 aromatic heterocycles. The first-order chi connectivity index (χ1) is 17.1. The number of methoxy groups -OCH3 is 2. The molecule has 0 spiro atoms. The first kappa shape index (κ1) is 23.9. The average molecular weight is 474 g/mol. The molecule has 0 amide bonds. The zero-order valence-corrected chi connectivity index (χ0v) is 19.9. The van der Waals surface area contributed by atoms with Crippen molar-refractivity contribution in [3.63, 3.8) is 0 Å². The molecule has 7 heteroatoms. The number of benzene rings is 3. The van der Waals surface area contributed by atoms with Gasteiger partial charge in [-0.25, -0.2) is 9.79 Å². The third-order valence-corrected chi connectivity index (χ3v) is 5.36. The minimum atomic E-state index is -0.510. The van der Waals surface area contributed by atoms with Gasteiger partial charge in [-0.1, -0.05) is 36.4 Å². The molecule has 1 aliphatic rings. The summed E-state index contributed by atoms with van der Waals surface area (Å²) < 4.78 is 27.9. The average Bonchev–Trinajstić information content (AvgIpc) is 3.24. The summed E-state index contributed by atoms with van der Waals surface area (Å²) in [4.78, 5) is 16.9. The highest BCUT2D eigenvalue weighted by Gasteiger charge is 2.25. The highest BCUT2D eigenvalue weighted by atomic mass is 16.6. The molecular formula is C28H27NO6. The van der Waals surface area contributed by atoms with Crippen LogP contribution in [0.25, 0.3) is 6.08 Å². The summed E-state index contributed by atoms with van der Waals surface area (Å²) in [7, 11) is 3.19. The van der Waals surface area contributed by atoms with Crippen LogP contribution in [0.2, 0.25) is 0 Å². The summed E-state index contributed by atoms with van der Waals surface area (Å²) in [6.07, 6.45) is 2.29. The van der Waals surface area contributed by atoms with Gasteiger partial charge >= 0.3 is 5.97 Å². The monoisotopic (exact) mass is 473 g/mol. The Morgan fingerprint density at radius 1 is 0.886 bits per heavy atom. The Bertz CT molecular complexity index is 1260. The molecule has 180 valence electrons. The molecule has 4 rings (SSSR count). The number of para-hydroxylation sites is 1. The van der Waals surface area contributed by atoms with E-state index in [2.05, 4.69) is 4.99 Å². The Balaban J connectivity index is 1.46. The molecule has 0 bridgehead atoms. The maximum absolute atomic E-state index is 12.5. The highest BCUT2D eigenvalue weighted by Crippen LogP contribution is 2.34. The Morgan fingerprint density at radius 2 is 1.66 bits per heavy atom. The number of hydrogen-bond acceptors (Lipinski definition) is 7. The predicted molar refractivity (Wildman–Crippen MR) is 133 cm³/mol. The van der Waals surface area contributed by atoms with Crippen LogP contribution in [0, 0.1) is 6.92 Å². The van der Waals surface area contributed by atoms with E-state index in [0.717, 1.165) is 22.6 Å². The fourth-order valence-corrected chi connectivity index (χ4v) is 3.56. The number of esters is 1. The molecule has 1 heterocycles. The summed E-state index contributed by atoms with van der Waals surface area (Å²) in [6, 6.07) is 20.5. The van der Waals surface area contributed by atoms with E-state index in [1.807, 2.05) is 67.6 Å². The van der Waals surface area contributed by atoms with E-state index in [0.29, 0.717) is 42.6 Å². The van der Waals surface area contributed by atoms with Gasteiger partial charge in [-0.2, -0.15) is 0 Å². The van der Waals surface area contributed by atoms with E-state index >= 15 is 0 Å². The maximum atomic E-state index is 12.5. The Kier molecular flexibility index (Phi) is 7.67. The lowest BCUT2D eigenvalue weighted by Gasteiger charge is -2.14. The van der Waals surface area contributed by atoms with Crippen LogP contribution in [0.5, 0.6) is 23.0 Å². The van der Waals surface area contributed by atoms with Crippen molar-refractivity contribution < 1.29 is 28.5 Å². The Labute approximate surface area is 204 Å². The van der Waals surface area contributed by atoms with E-state index in [-0.39, 0.29) is 5.70 Å². The minimum Gasteiger partial charge on any atom is -0.497 e. The molecule has 3 aromatic carbocycles. The quantitative estimate of drug-likeness (QED) is 0.229. The second kappa shape index (κ2) is 11.2. The molecule has 0 atom stereocenters. The minimum absolute atomic E-state index is 0.197.